The van der Waals surface area contributed by atoms with Crippen molar-refractivity contribution in [3.05, 3.63) is 0 Å². The summed E-state index contributed by atoms with van der Waals surface area (Å²) in [5.41, 5.74) is 0.129. The molecule has 1 aliphatic heterocycles. The third kappa shape index (κ3) is 3.93. The van der Waals surface area contributed by atoms with Crippen molar-refractivity contribution in [2.45, 2.75) is 51.3 Å². The molecule has 0 spiro atoms. The van der Waals surface area contributed by atoms with E-state index in [0.717, 1.165) is 26.1 Å². The Morgan fingerprint density at radius 3 is 2.44 bits per heavy atom. The van der Waals surface area contributed by atoms with Crippen LogP contribution in [0.4, 0.5) is 0 Å². The number of hydrogen-bond donors (Lipinski definition) is 1. The van der Waals surface area contributed by atoms with Crippen molar-refractivity contribution < 1.29 is 8.42 Å². The van der Waals surface area contributed by atoms with Gasteiger partial charge >= 0.3 is 0 Å². The van der Waals surface area contributed by atoms with Gasteiger partial charge in [0.2, 0.25) is 0 Å². The summed E-state index contributed by atoms with van der Waals surface area (Å²) in [4.78, 5) is 2.27. The lowest BCUT2D eigenvalue weighted by atomic mass is 9.96. The van der Waals surface area contributed by atoms with Crippen LogP contribution in [0.3, 0.4) is 0 Å². The topological polar surface area (TPSA) is 49.4 Å². The fourth-order valence-corrected chi connectivity index (χ4v) is 3.24. The quantitative estimate of drug-likeness (QED) is 0.840. The Bertz CT molecular complexity index is 373. The largest absolute Gasteiger partial charge is 0.309 e. The smallest absolute Gasteiger partial charge is 0.156 e. The van der Waals surface area contributed by atoms with E-state index in [9.17, 15) is 8.42 Å². The average Bonchev–Trinajstić information content (AvgIpc) is 2.25. The highest BCUT2D eigenvalue weighted by atomic mass is 32.2. The highest BCUT2D eigenvalue weighted by Gasteiger charge is 2.32. The van der Waals surface area contributed by atoms with Crippen molar-refractivity contribution in [2.24, 2.45) is 0 Å². The molecular formula is C13H28N2O2S. The summed E-state index contributed by atoms with van der Waals surface area (Å²) in [6.45, 7) is 13.2. The van der Waals surface area contributed by atoms with Gasteiger partial charge in [-0.25, -0.2) is 8.42 Å². The molecule has 18 heavy (non-hydrogen) atoms. The Hall–Kier alpha value is -0.130. The van der Waals surface area contributed by atoms with Crippen LogP contribution in [0.2, 0.25) is 0 Å². The maximum atomic E-state index is 12.1. The number of nitrogens with one attached hydrogen (secondary N) is 1. The standard InChI is InChI=1S/C13H28N2O2S/c1-6-13(5)11-15(8-7-14-13)9-10-18(16,17)12(2,3)4/h14H,6-11H2,1-5H3. The third-order valence-electron chi connectivity index (χ3n) is 3.94. The van der Waals surface area contributed by atoms with Crippen LogP contribution in [0.1, 0.15) is 41.0 Å². The SMILES string of the molecule is CCC1(C)CN(CCS(=O)(=O)C(C)(C)C)CCN1. The fraction of sp³-hybridized carbons (Fsp3) is 1.00. The molecule has 0 saturated carbocycles. The van der Waals surface area contributed by atoms with Crippen molar-refractivity contribution in [2.75, 3.05) is 31.9 Å². The molecule has 4 nitrogen and oxygen atoms in total. The van der Waals surface area contributed by atoms with E-state index in [-0.39, 0.29) is 11.3 Å². The van der Waals surface area contributed by atoms with Crippen molar-refractivity contribution in [3.63, 3.8) is 0 Å². The van der Waals surface area contributed by atoms with E-state index in [0.29, 0.717) is 6.54 Å². The maximum Gasteiger partial charge on any atom is 0.156 e. The number of hydrogen-bond acceptors (Lipinski definition) is 4. The van der Waals surface area contributed by atoms with Gasteiger partial charge in [-0.2, -0.15) is 0 Å². The molecule has 108 valence electrons. The summed E-state index contributed by atoms with van der Waals surface area (Å²) >= 11 is 0. The molecular weight excluding hydrogens is 248 g/mol. The molecule has 1 fully saturated rings. The van der Waals surface area contributed by atoms with Gasteiger partial charge < -0.3 is 5.32 Å². The van der Waals surface area contributed by atoms with Crippen LogP contribution >= 0.6 is 0 Å². The zero-order valence-electron chi connectivity index (χ0n) is 12.4. The third-order valence-corrected chi connectivity index (χ3v) is 6.53. The molecule has 1 unspecified atom stereocenters. The molecule has 0 aliphatic carbocycles. The normalized spacial score (nSPS) is 27.4. The minimum Gasteiger partial charge on any atom is -0.309 e. The van der Waals surface area contributed by atoms with Crippen LogP contribution in [0, 0.1) is 0 Å². The van der Waals surface area contributed by atoms with Crippen LogP contribution < -0.4 is 5.32 Å². The molecule has 1 rings (SSSR count). The Labute approximate surface area is 112 Å². The Kier molecular flexibility index (Phi) is 4.84. The van der Waals surface area contributed by atoms with Gasteiger partial charge in [-0.05, 0) is 34.1 Å². The van der Waals surface area contributed by atoms with E-state index in [2.05, 4.69) is 24.1 Å². The lowest BCUT2D eigenvalue weighted by Crippen LogP contribution is -2.59. The summed E-state index contributed by atoms with van der Waals surface area (Å²) < 4.78 is 23.5. The first-order chi connectivity index (χ1) is 8.10. The van der Waals surface area contributed by atoms with Gasteiger partial charge in [0.05, 0.1) is 10.5 Å². The molecule has 1 heterocycles. The van der Waals surface area contributed by atoms with Crippen LogP contribution in [0.25, 0.3) is 0 Å². The molecule has 0 radical (unpaired) electrons. The first-order valence-corrected chi connectivity index (χ1v) is 8.44. The first-order valence-electron chi connectivity index (χ1n) is 6.79. The van der Waals surface area contributed by atoms with Gasteiger partial charge in [-0.15, -0.1) is 0 Å². The number of rotatable bonds is 4. The minimum atomic E-state index is -3.00. The molecule has 1 saturated heterocycles. The van der Waals surface area contributed by atoms with Crippen LogP contribution in [-0.2, 0) is 9.84 Å². The second-order valence-corrected chi connectivity index (χ2v) is 9.41. The lowest BCUT2D eigenvalue weighted by molar-refractivity contribution is 0.146. The molecule has 0 bridgehead atoms. The molecule has 1 N–H and O–H groups in total. The second kappa shape index (κ2) is 5.47. The maximum absolute atomic E-state index is 12.1. The molecule has 0 aromatic rings. The Morgan fingerprint density at radius 1 is 1.33 bits per heavy atom. The Balaban J connectivity index is 2.55. The summed E-state index contributed by atoms with van der Waals surface area (Å²) in [5.74, 6) is 0.260. The summed E-state index contributed by atoms with van der Waals surface area (Å²) in [5, 5.41) is 3.51. The monoisotopic (exact) mass is 276 g/mol. The van der Waals surface area contributed by atoms with E-state index >= 15 is 0 Å². The van der Waals surface area contributed by atoms with Gasteiger partial charge in [0.15, 0.2) is 9.84 Å². The molecule has 0 amide bonds. The molecule has 0 aromatic carbocycles. The Morgan fingerprint density at radius 2 is 1.94 bits per heavy atom. The van der Waals surface area contributed by atoms with Gasteiger partial charge in [0.25, 0.3) is 0 Å². The van der Waals surface area contributed by atoms with Crippen LogP contribution in [0.5, 0.6) is 0 Å². The number of piperazine rings is 1. The highest BCUT2D eigenvalue weighted by molar-refractivity contribution is 7.92. The van der Waals surface area contributed by atoms with Crippen molar-refractivity contribution in [1.29, 1.82) is 0 Å². The summed E-state index contributed by atoms with van der Waals surface area (Å²) in [6, 6.07) is 0. The zero-order chi connectivity index (χ0) is 14.0. The van der Waals surface area contributed by atoms with Crippen molar-refractivity contribution in [3.8, 4) is 0 Å². The average molecular weight is 276 g/mol. The molecule has 1 atom stereocenters. The van der Waals surface area contributed by atoms with E-state index in [1.807, 2.05) is 0 Å². The fourth-order valence-electron chi connectivity index (χ4n) is 2.13. The van der Waals surface area contributed by atoms with Crippen LogP contribution in [0.15, 0.2) is 0 Å². The van der Waals surface area contributed by atoms with Gasteiger partial charge in [0, 0.05) is 31.7 Å². The molecule has 1 aliphatic rings. The summed E-state index contributed by atoms with van der Waals surface area (Å²) in [6.07, 6.45) is 1.07. The van der Waals surface area contributed by atoms with E-state index in [1.165, 1.54) is 0 Å². The van der Waals surface area contributed by atoms with Gasteiger partial charge in [0.1, 0.15) is 0 Å². The van der Waals surface area contributed by atoms with Crippen LogP contribution in [-0.4, -0.2) is 55.5 Å². The second-order valence-electron chi connectivity index (χ2n) is 6.55. The highest BCUT2D eigenvalue weighted by Crippen LogP contribution is 2.18. The number of sulfone groups is 1. The van der Waals surface area contributed by atoms with E-state index in [4.69, 9.17) is 0 Å². The zero-order valence-corrected chi connectivity index (χ0v) is 13.2. The first kappa shape index (κ1) is 15.9. The molecule has 0 aromatic heterocycles. The van der Waals surface area contributed by atoms with E-state index in [1.54, 1.807) is 20.8 Å². The summed E-state index contributed by atoms with van der Waals surface area (Å²) in [7, 11) is -3.00. The van der Waals surface area contributed by atoms with Gasteiger partial charge in [-0.3, -0.25) is 4.90 Å². The predicted octanol–water partition coefficient (Wildman–Crippen LogP) is 1.27. The van der Waals surface area contributed by atoms with Crippen molar-refractivity contribution >= 4 is 9.84 Å². The minimum absolute atomic E-state index is 0.129. The van der Waals surface area contributed by atoms with Crippen molar-refractivity contribution in [1.82, 2.24) is 10.2 Å². The molecule has 5 heteroatoms. The van der Waals surface area contributed by atoms with Gasteiger partial charge in [-0.1, -0.05) is 6.92 Å². The van der Waals surface area contributed by atoms with E-state index < -0.39 is 14.6 Å². The lowest BCUT2D eigenvalue weighted by Gasteiger charge is -2.41. The number of nitrogens with zero attached hydrogens (tertiary/aromatic N) is 1. The predicted molar refractivity (Wildman–Crippen MR) is 76.7 cm³/mol.